The average Bonchev–Trinajstić information content (AvgIpc) is 1.62. The van der Waals surface area contributed by atoms with Crippen LogP contribution in [-0.2, 0) is 58.8 Å². The van der Waals surface area contributed by atoms with Crippen molar-refractivity contribution in [3.05, 3.63) is 142 Å². The van der Waals surface area contributed by atoms with Crippen molar-refractivity contribution in [3.63, 3.8) is 0 Å². The number of hydrogen-bond acceptors (Lipinski definition) is 22. The smallest absolute Gasteiger partial charge is 0.325 e. The highest BCUT2D eigenvalue weighted by molar-refractivity contribution is 6.28. The summed E-state index contributed by atoms with van der Waals surface area (Å²) < 4.78 is 20.0. The monoisotopic (exact) mass is 1430 g/mol. The van der Waals surface area contributed by atoms with Gasteiger partial charge < -0.3 is 77.0 Å². The Bertz CT molecular complexity index is 3500. The zero-order valence-electron chi connectivity index (χ0n) is 57.2. The largest absolute Gasteiger partial charge is 0.481 e. The molecule has 4 aromatic carbocycles. The van der Waals surface area contributed by atoms with Gasteiger partial charge in [-0.1, -0.05) is 96.1 Å². The zero-order chi connectivity index (χ0) is 73.9. The van der Waals surface area contributed by atoms with Gasteiger partial charge in [0.25, 0.3) is 0 Å². The van der Waals surface area contributed by atoms with Gasteiger partial charge in [-0.15, -0.1) is 0 Å². The van der Waals surface area contributed by atoms with E-state index >= 15 is 0 Å². The third-order valence-electron chi connectivity index (χ3n) is 15.7. The number of aryl methyl sites for hydroxylation is 2. The van der Waals surface area contributed by atoms with E-state index < -0.39 is 64.7 Å². The fraction of sp³-hybridized carbons (Fsp3) is 0.441. The summed E-state index contributed by atoms with van der Waals surface area (Å²) in [6, 6.07) is 34.7. The number of halogens is 2. The number of rotatable bonds is 22. The number of nitrogens with two attached hydrogens (primary N) is 1. The number of hydrogen-bond donors (Lipinski definition) is 11. The maximum atomic E-state index is 12.1. The predicted octanol–water partition coefficient (Wildman–Crippen LogP) is 9.63. The number of primary amides is 1. The molecule has 12 N–H and O–H groups in total. The summed E-state index contributed by atoms with van der Waals surface area (Å²) in [5, 5.41) is 52.4. The summed E-state index contributed by atoms with van der Waals surface area (Å²) in [7, 11) is 0. The lowest BCUT2D eigenvalue weighted by Gasteiger charge is -2.38. The molecule has 30 nitrogen and oxygen atoms in total. The van der Waals surface area contributed by atoms with Crippen molar-refractivity contribution >= 4 is 106 Å². The number of carbonyl (C=O) groups is 8. The van der Waals surface area contributed by atoms with E-state index in [0.29, 0.717) is 63.9 Å². The maximum absolute atomic E-state index is 12.1. The number of ether oxygens (including phenoxy) is 4. The van der Waals surface area contributed by atoms with Crippen molar-refractivity contribution in [2.45, 2.75) is 130 Å². The number of esters is 2. The molecule has 4 fully saturated rings. The number of aliphatic carboxylic acids is 4. The molecule has 4 amide bonds. The van der Waals surface area contributed by atoms with E-state index in [9.17, 15) is 38.4 Å². The van der Waals surface area contributed by atoms with Crippen LogP contribution < -0.4 is 42.5 Å². The van der Waals surface area contributed by atoms with E-state index in [1.807, 2.05) is 165 Å². The highest BCUT2D eigenvalue weighted by atomic mass is 35.5. The van der Waals surface area contributed by atoms with Crippen LogP contribution in [-0.4, -0.2) is 162 Å². The van der Waals surface area contributed by atoms with Crippen LogP contribution in [0, 0.1) is 37.5 Å². The van der Waals surface area contributed by atoms with Gasteiger partial charge in [0.2, 0.25) is 34.4 Å². The van der Waals surface area contributed by atoms with Crippen molar-refractivity contribution < 1.29 is 77.7 Å². The second-order valence-corrected chi connectivity index (χ2v) is 24.5. The maximum Gasteiger partial charge on any atom is 0.325 e. The molecule has 4 aliphatic heterocycles. The molecular formula is C68H88Cl2N14O16. The first-order chi connectivity index (χ1) is 47.4. The molecule has 32 heteroatoms. The Morgan fingerprint density at radius 1 is 0.510 bits per heavy atom. The lowest BCUT2D eigenvalue weighted by molar-refractivity contribution is -0.154. The summed E-state index contributed by atoms with van der Waals surface area (Å²) in [4.78, 5) is 114. The van der Waals surface area contributed by atoms with Gasteiger partial charge in [0, 0.05) is 24.5 Å². The van der Waals surface area contributed by atoms with Crippen LogP contribution >= 0.6 is 23.2 Å². The van der Waals surface area contributed by atoms with E-state index in [1.54, 1.807) is 18.7 Å². The third kappa shape index (κ3) is 24.4. The highest BCUT2D eigenvalue weighted by Gasteiger charge is 2.57. The van der Waals surface area contributed by atoms with E-state index in [0.717, 1.165) is 28.1 Å². The topological polar surface area (TPSA) is 433 Å². The van der Waals surface area contributed by atoms with Crippen molar-refractivity contribution in [1.29, 1.82) is 0 Å². The number of benzene rings is 4. The van der Waals surface area contributed by atoms with Crippen molar-refractivity contribution in [2.24, 2.45) is 29.4 Å². The fourth-order valence-electron chi connectivity index (χ4n) is 11.1. The van der Waals surface area contributed by atoms with Gasteiger partial charge in [-0.25, -0.2) is 9.59 Å². The number of fused-ring (bicyclic) bond motifs is 4. The quantitative estimate of drug-likeness (QED) is 0.0282. The molecule has 540 valence electrons. The zero-order valence-corrected chi connectivity index (χ0v) is 58.7. The summed E-state index contributed by atoms with van der Waals surface area (Å²) in [5.41, 5.74) is 10.7. The molecule has 6 heterocycles. The molecule has 10 rings (SSSR count). The minimum Gasteiger partial charge on any atom is -0.481 e. The number of carboxylic acid groups (broad SMARTS) is 4. The number of amides is 4. The van der Waals surface area contributed by atoms with Crippen molar-refractivity contribution in [3.8, 4) is 0 Å². The molecule has 0 aliphatic carbocycles. The first kappa shape index (κ1) is 80.6. The predicted molar refractivity (Wildman–Crippen MR) is 374 cm³/mol. The SMILES string of the molecule is CCNc1nc(Cl)nc(NCC(=O)OCC)n1.CCNc1nc(Cl)nc(NCC(=O)OCC)n1.Cc1ccc(N(C(N)=O)C(C)(C)c2ccccc2)cc1.Cc1ccc(NC(=O)NC(C)(C)c2ccccc2)cc1.O=C(O)C1C2CCC(O2)C1C(=O)O.O=C(O)C1C2CCC(O2)C1C(=O)O. The molecule has 8 unspecified atom stereocenters. The summed E-state index contributed by atoms with van der Waals surface area (Å²) in [5.74, 6) is -7.21. The molecule has 0 radical (unpaired) electrons. The second-order valence-electron chi connectivity index (χ2n) is 23.8. The Morgan fingerprint density at radius 2 is 0.850 bits per heavy atom. The van der Waals surface area contributed by atoms with E-state index in [-0.39, 0.29) is 77.9 Å². The first-order valence-electron chi connectivity index (χ1n) is 32.2. The summed E-state index contributed by atoms with van der Waals surface area (Å²) in [6.07, 6.45) is 1.15. The van der Waals surface area contributed by atoms with Crippen molar-refractivity contribution in [2.75, 3.05) is 70.9 Å². The van der Waals surface area contributed by atoms with Crippen LogP contribution in [0.25, 0.3) is 0 Å². The highest BCUT2D eigenvalue weighted by Crippen LogP contribution is 2.45. The van der Waals surface area contributed by atoms with Gasteiger partial charge in [-0.3, -0.25) is 33.7 Å². The summed E-state index contributed by atoms with van der Waals surface area (Å²) in [6.45, 7) is 21.2. The van der Waals surface area contributed by atoms with Crippen LogP contribution in [0.1, 0.15) is 103 Å². The Morgan fingerprint density at radius 3 is 1.18 bits per heavy atom. The minimum absolute atomic E-state index is 0.0141. The molecule has 4 aliphatic rings. The second kappa shape index (κ2) is 38.9. The molecular weight excluding hydrogens is 1340 g/mol. The lowest BCUT2D eigenvalue weighted by Crippen LogP contribution is -2.48. The number of anilines is 6. The van der Waals surface area contributed by atoms with Crippen LogP contribution in [0.4, 0.5) is 44.8 Å². The van der Waals surface area contributed by atoms with E-state index in [2.05, 4.69) is 61.8 Å². The molecule has 2 aromatic heterocycles. The molecule has 8 atom stereocenters. The molecule has 0 saturated carbocycles. The molecule has 4 saturated heterocycles. The lowest BCUT2D eigenvalue weighted by atomic mass is 9.79. The molecule has 0 spiro atoms. The van der Waals surface area contributed by atoms with Gasteiger partial charge in [0.15, 0.2) is 0 Å². The Labute approximate surface area is 589 Å². The van der Waals surface area contributed by atoms with Gasteiger partial charge in [0.1, 0.15) is 13.1 Å². The first-order valence-corrected chi connectivity index (χ1v) is 32.9. The van der Waals surface area contributed by atoms with Crippen LogP contribution in [0.3, 0.4) is 0 Å². The Hall–Kier alpha value is -10.0. The number of aromatic nitrogens is 6. The van der Waals surface area contributed by atoms with Crippen molar-refractivity contribution in [1.82, 2.24) is 35.2 Å². The van der Waals surface area contributed by atoms with Gasteiger partial charge >= 0.3 is 47.9 Å². The Balaban J connectivity index is 0.000000218. The number of nitrogens with zero attached hydrogens (tertiary/aromatic N) is 7. The van der Waals surface area contributed by atoms with Crippen LogP contribution in [0.15, 0.2) is 109 Å². The van der Waals surface area contributed by atoms with E-state index in [4.69, 9.17) is 68.3 Å². The molecule has 6 aromatic rings. The van der Waals surface area contributed by atoms with Crippen LogP contribution in [0.5, 0.6) is 0 Å². The molecule has 100 heavy (non-hydrogen) atoms. The van der Waals surface area contributed by atoms with Crippen LogP contribution in [0.2, 0.25) is 10.6 Å². The van der Waals surface area contributed by atoms with E-state index in [1.165, 1.54) is 5.56 Å². The fourth-order valence-corrected chi connectivity index (χ4v) is 11.4. The molecule has 4 bridgehead atoms. The number of carbonyl (C=O) groups excluding carboxylic acids is 4. The summed E-state index contributed by atoms with van der Waals surface area (Å²) >= 11 is 11.4. The number of nitrogens with one attached hydrogen (secondary N) is 6. The third-order valence-corrected chi connectivity index (χ3v) is 16.1. The van der Waals surface area contributed by atoms with Gasteiger partial charge in [0.05, 0.1) is 72.4 Å². The number of urea groups is 2. The normalized spacial score (nSPS) is 18.7. The average molecular weight is 1430 g/mol. The minimum atomic E-state index is -1.06. The number of carboxylic acids is 4. The van der Waals surface area contributed by atoms with Gasteiger partial charge in [-0.2, -0.15) is 29.9 Å². The van der Waals surface area contributed by atoms with Gasteiger partial charge in [-0.05, 0) is 154 Å². The Kier molecular flexibility index (Phi) is 31.4. The standard InChI is InChI=1S/2C17H20N2O.2C9H14ClN5O2.2C8H10O5/c1-13-9-11-15(12-10-13)19(16(18)20)17(2,3)14-7-5-4-6-8-14;1-13-9-11-15(12-10-13)18-16(20)19-17(2,3)14-7-5-4-6-8-14;2*1-3-11-8-13-7(10)14-9(15-8)12-5-6(16)17-4-2;2*9-7(10)5-3-1-2-4(13-3)6(5)8(11)12/h4-12H,1-3H3,(H2,18,20);4-12H,1-3H3,(H2,18,19,20);2*3-5H2,1-2H3,(H2,11,12,13,14,15);2*3-6H,1-2H2,(H,9,10)(H,11,12).